The molecule has 0 amide bonds. The molecule has 7 nitrogen and oxygen atoms in total. The molecule has 1 spiro atoms. The van der Waals surface area contributed by atoms with Crippen LogP contribution in [0, 0.1) is 6.92 Å². The van der Waals surface area contributed by atoms with Crippen molar-refractivity contribution in [3.8, 4) is 0 Å². The lowest BCUT2D eigenvalue weighted by Gasteiger charge is -2.38. The Balaban J connectivity index is 0.00000272. The van der Waals surface area contributed by atoms with Crippen LogP contribution in [-0.2, 0) is 18.3 Å². The highest BCUT2D eigenvalue weighted by Crippen LogP contribution is 2.38. The molecule has 0 radical (unpaired) electrons. The van der Waals surface area contributed by atoms with Gasteiger partial charge in [0.2, 0.25) is 0 Å². The zero-order chi connectivity index (χ0) is 21.0. The molecule has 2 N–H and O–H groups in total. The number of guanidine groups is 1. The number of benzene rings is 1. The Kier molecular flexibility index (Phi) is 8.63. The predicted octanol–water partition coefficient (Wildman–Crippen LogP) is 3.59. The van der Waals surface area contributed by atoms with Crippen LogP contribution in [0.1, 0.15) is 49.4 Å². The Morgan fingerprint density at radius 2 is 2.16 bits per heavy atom. The summed E-state index contributed by atoms with van der Waals surface area (Å²) in [7, 11) is 1.98. The van der Waals surface area contributed by atoms with Crippen LogP contribution in [0.25, 0.3) is 0 Å². The SMILES string of the molecule is Cc1nnc(CN=C(NC2CCOC3(CCSC3)C2)NC(C)c2ccccc2)n1C.I. The minimum Gasteiger partial charge on any atom is -0.374 e. The summed E-state index contributed by atoms with van der Waals surface area (Å²) in [5.74, 6) is 4.87. The first kappa shape index (κ1) is 24.3. The molecule has 2 fully saturated rings. The first-order valence-corrected chi connectivity index (χ1v) is 11.9. The molecule has 2 aliphatic rings. The minimum atomic E-state index is 0. The molecular formula is C22H33IN6OS. The molecular weight excluding hydrogens is 523 g/mol. The van der Waals surface area contributed by atoms with Gasteiger partial charge in [0.05, 0.1) is 11.6 Å². The number of halogens is 1. The summed E-state index contributed by atoms with van der Waals surface area (Å²) in [4.78, 5) is 4.87. The van der Waals surface area contributed by atoms with E-state index in [1.165, 1.54) is 11.3 Å². The fraction of sp³-hybridized carbons (Fsp3) is 0.591. The van der Waals surface area contributed by atoms with Gasteiger partial charge < -0.3 is 19.9 Å². The van der Waals surface area contributed by atoms with Gasteiger partial charge in [0.1, 0.15) is 12.4 Å². The van der Waals surface area contributed by atoms with Crippen molar-refractivity contribution in [2.45, 2.75) is 57.3 Å². The number of hydrogen-bond acceptors (Lipinski definition) is 5. The van der Waals surface area contributed by atoms with Crippen molar-refractivity contribution >= 4 is 41.7 Å². The van der Waals surface area contributed by atoms with Crippen molar-refractivity contribution < 1.29 is 4.74 Å². The molecule has 170 valence electrons. The smallest absolute Gasteiger partial charge is 0.192 e. The van der Waals surface area contributed by atoms with Crippen LogP contribution in [-0.4, -0.2) is 50.5 Å². The van der Waals surface area contributed by atoms with E-state index in [0.29, 0.717) is 12.6 Å². The van der Waals surface area contributed by atoms with E-state index < -0.39 is 0 Å². The van der Waals surface area contributed by atoms with Crippen LogP contribution in [0.15, 0.2) is 35.3 Å². The summed E-state index contributed by atoms with van der Waals surface area (Å²) < 4.78 is 8.18. The lowest BCUT2D eigenvalue weighted by molar-refractivity contribution is -0.0679. The first-order valence-electron chi connectivity index (χ1n) is 10.7. The predicted molar refractivity (Wildman–Crippen MR) is 137 cm³/mol. The topological polar surface area (TPSA) is 76.4 Å². The van der Waals surface area contributed by atoms with Crippen LogP contribution >= 0.6 is 35.7 Å². The first-order chi connectivity index (χ1) is 14.5. The summed E-state index contributed by atoms with van der Waals surface area (Å²) in [6, 6.07) is 11.0. The quantitative estimate of drug-likeness (QED) is 0.333. The van der Waals surface area contributed by atoms with E-state index in [4.69, 9.17) is 9.73 Å². The van der Waals surface area contributed by atoms with Gasteiger partial charge in [-0.1, -0.05) is 30.3 Å². The summed E-state index contributed by atoms with van der Waals surface area (Å²) >= 11 is 2.00. The molecule has 0 aliphatic carbocycles. The monoisotopic (exact) mass is 556 g/mol. The molecule has 2 aliphatic heterocycles. The number of aromatic nitrogens is 3. The van der Waals surface area contributed by atoms with Crippen LogP contribution < -0.4 is 10.6 Å². The molecule has 31 heavy (non-hydrogen) atoms. The second-order valence-corrected chi connectivity index (χ2v) is 9.44. The van der Waals surface area contributed by atoms with Crippen molar-refractivity contribution in [2.75, 3.05) is 18.1 Å². The van der Waals surface area contributed by atoms with Crippen molar-refractivity contribution in [1.82, 2.24) is 25.4 Å². The molecule has 2 saturated heterocycles. The molecule has 3 unspecified atom stereocenters. The van der Waals surface area contributed by atoms with Gasteiger partial charge in [0.15, 0.2) is 11.8 Å². The largest absolute Gasteiger partial charge is 0.374 e. The summed E-state index contributed by atoms with van der Waals surface area (Å²) in [5.41, 5.74) is 1.27. The van der Waals surface area contributed by atoms with Gasteiger partial charge in [-0.25, -0.2) is 4.99 Å². The lowest BCUT2D eigenvalue weighted by atomic mass is 9.90. The van der Waals surface area contributed by atoms with Gasteiger partial charge in [-0.3, -0.25) is 0 Å². The molecule has 1 aromatic heterocycles. The minimum absolute atomic E-state index is 0. The van der Waals surface area contributed by atoms with Gasteiger partial charge in [0.25, 0.3) is 0 Å². The van der Waals surface area contributed by atoms with Gasteiger partial charge in [-0.15, -0.1) is 34.2 Å². The number of aryl methyl sites for hydroxylation is 1. The highest BCUT2D eigenvalue weighted by molar-refractivity contribution is 14.0. The third kappa shape index (κ3) is 6.13. The molecule has 1 aromatic carbocycles. The average molecular weight is 557 g/mol. The fourth-order valence-corrected chi connectivity index (χ4v) is 5.49. The number of rotatable bonds is 5. The van der Waals surface area contributed by atoms with Crippen LogP contribution in [0.2, 0.25) is 0 Å². The molecule has 0 bridgehead atoms. The third-order valence-electron chi connectivity index (χ3n) is 6.12. The van der Waals surface area contributed by atoms with E-state index in [1.807, 2.05) is 36.4 Å². The zero-order valence-electron chi connectivity index (χ0n) is 18.5. The Hall–Kier alpha value is -1.33. The van der Waals surface area contributed by atoms with E-state index >= 15 is 0 Å². The Morgan fingerprint density at radius 3 is 2.84 bits per heavy atom. The van der Waals surface area contributed by atoms with Gasteiger partial charge >= 0.3 is 0 Å². The standard InChI is InChI=1S/C22H32N6OS.HI/c1-16(18-7-5-4-6-8-18)24-21(23-14-20-27-26-17(2)28(20)3)25-19-9-11-29-22(13-19)10-12-30-15-22;/h4-8,16,19H,9-15H2,1-3H3,(H2,23,24,25);1H. The Morgan fingerprint density at radius 1 is 1.35 bits per heavy atom. The number of aliphatic imine (C=N–C) groups is 1. The third-order valence-corrected chi connectivity index (χ3v) is 7.34. The molecule has 0 saturated carbocycles. The van der Waals surface area contributed by atoms with Crippen molar-refractivity contribution in [3.63, 3.8) is 0 Å². The summed E-state index contributed by atoms with van der Waals surface area (Å²) in [6.45, 7) is 5.41. The average Bonchev–Trinajstić information content (AvgIpc) is 3.33. The van der Waals surface area contributed by atoms with E-state index in [-0.39, 0.29) is 35.6 Å². The van der Waals surface area contributed by atoms with Gasteiger partial charge in [-0.05, 0) is 44.4 Å². The number of nitrogens with one attached hydrogen (secondary N) is 2. The zero-order valence-corrected chi connectivity index (χ0v) is 21.7. The maximum atomic E-state index is 6.19. The molecule has 9 heteroatoms. The van der Waals surface area contributed by atoms with Crippen LogP contribution in [0.3, 0.4) is 0 Å². The van der Waals surface area contributed by atoms with E-state index in [2.05, 4.69) is 52.0 Å². The summed E-state index contributed by atoms with van der Waals surface area (Å²) in [6.07, 6.45) is 3.17. The van der Waals surface area contributed by atoms with Gasteiger partial charge in [0, 0.05) is 25.4 Å². The molecule has 3 heterocycles. The highest BCUT2D eigenvalue weighted by atomic mass is 127. The van der Waals surface area contributed by atoms with E-state index in [0.717, 1.165) is 49.2 Å². The van der Waals surface area contributed by atoms with E-state index in [1.54, 1.807) is 0 Å². The molecule has 4 rings (SSSR count). The highest BCUT2D eigenvalue weighted by Gasteiger charge is 2.40. The second-order valence-electron chi connectivity index (χ2n) is 8.33. The fourth-order valence-electron chi connectivity index (χ4n) is 4.11. The lowest BCUT2D eigenvalue weighted by Crippen LogP contribution is -2.51. The van der Waals surface area contributed by atoms with Gasteiger partial charge in [-0.2, -0.15) is 11.8 Å². The van der Waals surface area contributed by atoms with Crippen molar-refractivity contribution in [1.29, 1.82) is 0 Å². The second kappa shape index (κ2) is 11.0. The van der Waals surface area contributed by atoms with Crippen LogP contribution in [0.5, 0.6) is 0 Å². The number of hydrogen-bond donors (Lipinski definition) is 2. The normalized spacial score (nSPS) is 24.6. The number of thioether (sulfide) groups is 1. The number of nitrogens with zero attached hydrogens (tertiary/aromatic N) is 4. The van der Waals surface area contributed by atoms with Crippen LogP contribution in [0.4, 0.5) is 0 Å². The number of ether oxygens (including phenoxy) is 1. The summed E-state index contributed by atoms with van der Waals surface area (Å²) in [5, 5.41) is 15.7. The van der Waals surface area contributed by atoms with E-state index in [9.17, 15) is 0 Å². The Bertz CT molecular complexity index is 868. The van der Waals surface area contributed by atoms with Crippen molar-refractivity contribution in [2.24, 2.45) is 12.0 Å². The Labute approximate surface area is 206 Å². The maximum absolute atomic E-state index is 6.19. The molecule has 2 aromatic rings. The molecule has 3 atom stereocenters. The maximum Gasteiger partial charge on any atom is 0.192 e. The van der Waals surface area contributed by atoms with Crippen molar-refractivity contribution in [3.05, 3.63) is 47.5 Å².